The van der Waals surface area contributed by atoms with Crippen molar-refractivity contribution >= 4 is 5.91 Å². The predicted octanol–water partition coefficient (Wildman–Crippen LogP) is 3.68. The Kier molecular flexibility index (Phi) is 6.34. The van der Waals surface area contributed by atoms with E-state index in [1.165, 1.54) is 44.9 Å². The molecule has 0 aromatic carbocycles. The van der Waals surface area contributed by atoms with Gasteiger partial charge in [0.15, 0.2) is 0 Å². The van der Waals surface area contributed by atoms with E-state index in [9.17, 15) is 4.79 Å². The fraction of sp³-hybridized carbons (Fsp3) is 0.941. The van der Waals surface area contributed by atoms with Crippen LogP contribution in [-0.2, 0) is 4.79 Å². The molecule has 1 saturated heterocycles. The van der Waals surface area contributed by atoms with Crippen LogP contribution in [0, 0.1) is 5.92 Å². The van der Waals surface area contributed by atoms with Gasteiger partial charge < -0.3 is 4.90 Å². The molecule has 0 aromatic heterocycles. The summed E-state index contributed by atoms with van der Waals surface area (Å²) in [6, 6.07) is 0.0892. The van der Waals surface area contributed by atoms with Crippen LogP contribution in [0.25, 0.3) is 0 Å². The maximum Gasteiger partial charge on any atom is 0.241 e. The van der Waals surface area contributed by atoms with Gasteiger partial charge in [-0.1, -0.05) is 52.4 Å². The molecular weight excluding hydrogens is 248 g/mol. The summed E-state index contributed by atoms with van der Waals surface area (Å²) in [6.07, 6.45) is 12.8. The van der Waals surface area contributed by atoms with Gasteiger partial charge in [-0.3, -0.25) is 10.1 Å². The van der Waals surface area contributed by atoms with Crippen molar-refractivity contribution in [1.29, 1.82) is 0 Å². The van der Waals surface area contributed by atoms with Crippen molar-refractivity contribution in [2.45, 2.75) is 90.3 Å². The molecule has 3 heteroatoms. The molecule has 2 rings (SSSR count). The van der Waals surface area contributed by atoms with Crippen LogP contribution < -0.4 is 5.32 Å². The van der Waals surface area contributed by atoms with Crippen LogP contribution in [0.3, 0.4) is 0 Å². The smallest absolute Gasteiger partial charge is 0.241 e. The van der Waals surface area contributed by atoms with E-state index in [-0.39, 0.29) is 12.2 Å². The first-order chi connectivity index (χ1) is 9.76. The van der Waals surface area contributed by atoms with Gasteiger partial charge in [0, 0.05) is 6.54 Å². The van der Waals surface area contributed by atoms with Crippen molar-refractivity contribution in [3.8, 4) is 0 Å². The first kappa shape index (κ1) is 15.8. The Morgan fingerprint density at radius 1 is 1.15 bits per heavy atom. The molecule has 1 saturated carbocycles. The van der Waals surface area contributed by atoms with Crippen LogP contribution in [0.15, 0.2) is 0 Å². The van der Waals surface area contributed by atoms with Crippen molar-refractivity contribution in [2.24, 2.45) is 5.92 Å². The topological polar surface area (TPSA) is 32.3 Å². The summed E-state index contributed by atoms with van der Waals surface area (Å²) < 4.78 is 0. The van der Waals surface area contributed by atoms with Crippen molar-refractivity contribution in [1.82, 2.24) is 10.2 Å². The molecule has 1 aliphatic heterocycles. The zero-order valence-electron chi connectivity index (χ0n) is 13.4. The van der Waals surface area contributed by atoms with E-state index in [2.05, 4.69) is 24.1 Å². The third kappa shape index (κ3) is 3.97. The molecule has 1 aliphatic carbocycles. The lowest BCUT2D eigenvalue weighted by Gasteiger charge is -2.23. The largest absolute Gasteiger partial charge is 0.326 e. The van der Waals surface area contributed by atoms with Gasteiger partial charge in [0.1, 0.15) is 0 Å². The Hall–Kier alpha value is -0.570. The van der Waals surface area contributed by atoms with Crippen molar-refractivity contribution in [2.75, 3.05) is 6.54 Å². The molecule has 2 atom stereocenters. The lowest BCUT2D eigenvalue weighted by Crippen LogP contribution is -2.37. The second-order valence-corrected chi connectivity index (χ2v) is 6.61. The SMILES string of the molecule is CCCCC1NC(CC)N(CCCC2CCCC2)C1=O. The average molecular weight is 280 g/mol. The van der Waals surface area contributed by atoms with Crippen LogP contribution in [0.2, 0.25) is 0 Å². The molecule has 116 valence electrons. The van der Waals surface area contributed by atoms with E-state index in [4.69, 9.17) is 0 Å². The quantitative estimate of drug-likeness (QED) is 0.735. The number of nitrogens with one attached hydrogen (secondary N) is 1. The normalized spacial score (nSPS) is 27.7. The van der Waals surface area contributed by atoms with Crippen LogP contribution in [0.4, 0.5) is 0 Å². The molecule has 1 heterocycles. The van der Waals surface area contributed by atoms with Crippen LogP contribution in [0.5, 0.6) is 0 Å². The first-order valence-electron chi connectivity index (χ1n) is 8.82. The minimum Gasteiger partial charge on any atom is -0.326 e. The minimum atomic E-state index is 0.0892. The predicted molar refractivity (Wildman–Crippen MR) is 83.4 cm³/mol. The highest BCUT2D eigenvalue weighted by molar-refractivity contribution is 5.84. The Labute approximate surface area is 124 Å². The molecule has 1 amide bonds. The zero-order chi connectivity index (χ0) is 14.4. The summed E-state index contributed by atoms with van der Waals surface area (Å²) in [5.74, 6) is 1.30. The maximum absolute atomic E-state index is 12.5. The molecule has 0 aromatic rings. The molecule has 2 fully saturated rings. The Balaban J connectivity index is 1.77. The van der Waals surface area contributed by atoms with Crippen LogP contribution in [0.1, 0.15) is 78.1 Å². The van der Waals surface area contributed by atoms with Crippen LogP contribution >= 0.6 is 0 Å². The number of unbranched alkanes of at least 4 members (excludes halogenated alkanes) is 1. The van der Waals surface area contributed by atoms with Crippen molar-refractivity contribution in [3.05, 3.63) is 0 Å². The zero-order valence-corrected chi connectivity index (χ0v) is 13.4. The molecule has 2 unspecified atom stereocenters. The molecular formula is C17H32N2O. The van der Waals surface area contributed by atoms with Gasteiger partial charge in [-0.05, 0) is 31.6 Å². The van der Waals surface area contributed by atoms with Gasteiger partial charge in [-0.25, -0.2) is 0 Å². The summed E-state index contributed by atoms with van der Waals surface area (Å²) in [6.45, 7) is 5.33. The molecule has 20 heavy (non-hydrogen) atoms. The standard InChI is InChI=1S/C17H32N2O/c1-3-5-12-15-17(20)19(16(4-2)18-15)13-8-11-14-9-6-7-10-14/h14-16,18H,3-13H2,1-2H3. The van der Waals surface area contributed by atoms with Crippen LogP contribution in [-0.4, -0.2) is 29.6 Å². The van der Waals surface area contributed by atoms with E-state index in [1.807, 2.05) is 0 Å². The molecule has 2 aliphatic rings. The van der Waals surface area contributed by atoms with Gasteiger partial charge >= 0.3 is 0 Å². The van der Waals surface area contributed by atoms with Gasteiger partial charge in [0.25, 0.3) is 0 Å². The summed E-state index contributed by atoms with van der Waals surface area (Å²) in [5.41, 5.74) is 0. The summed E-state index contributed by atoms with van der Waals surface area (Å²) in [5, 5.41) is 3.53. The van der Waals surface area contributed by atoms with E-state index >= 15 is 0 Å². The Morgan fingerprint density at radius 3 is 2.55 bits per heavy atom. The highest BCUT2D eigenvalue weighted by Gasteiger charge is 2.36. The van der Waals surface area contributed by atoms with Crippen molar-refractivity contribution in [3.63, 3.8) is 0 Å². The second kappa shape index (κ2) is 8.02. The molecule has 0 bridgehead atoms. The molecule has 3 nitrogen and oxygen atoms in total. The number of carbonyl (C=O) groups is 1. The fourth-order valence-electron chi connectivity index (χ4n) is 3.82. The maximum atomic E-state index is 12.5. The molecule has 0 radical (unpaired) electrons. The third-order valence-electron chi connectivity index (χ3n) is 5.07. The number of carbonyl (C=O) groups excluding carboxylic acids is 1. The minimum absolute atomic E-state index is 0.0892. The highest BCUT2D eigenvalue weighted by Crippen LogP contribution is 2.29. The number of rotatable bonds is 8. The molecule has 0 spiro atoms. The van der Waals surface area contributed by atoms with Gasteiger partial charge in [0.2, 0.25) is 5.91 Å². The Bertz CT molecular complexity index is 299. The molecule has 1 N–H and O–H groups in total. The number of nitrogens with zero attached hydrogens (tertiary/aromatic N) is 1. The highest BCUT2D eigenvalue weighted by atomic mass is 16.2. The number of hydrogen-bond donors (Lipinski definition) is 1. The van der Waals surface area contributed by atoms with E-state index < -0.39 is 0 Å². The van der Waals surface area contributed by atoms with Crippen molar-refractivity contribution < 1.29 is 4.79 Å². The summed E-state index contributed by atoms with van der Waals surface area (Å²) >= 11 is 0. The number of hydrogen-bond acceptors (Lipinski definition) is 2. The Morgan fingerprint density at radius 2 is 1.90 bits per heavy atom. The summed E-state index contributed by atoms with van der Waals surface area (Å²) in [7, 11) is 0. The first-order valence-corrected chi connectivity index (χ1v) is 8.82. The third-order valence-corrected chi connectivity index (χ3v) is 5.07. The van der Waals surface area contributed by atoms with E-state index in [1.54, 1.807) is 0 Å². The second-order valence-electron chi connectivity index (χ2n) is 6.61. The van der Waals surface area contributed by atoms with Gasteiger partial charge in [-0.15, -0.1) is 0 Å². The van der Waals surface area contributed by atoms with Gasteiger partial charge in [0.05, 0.1) is 12.2 Å². The lowest BCUT2D eigenvalue weighted by atomic mass is 10.0. The van der Waals surface area contributed by atoms with E-state index in [0.717, 1.165) is 31.7 Å². The lowest BCUT2D eigenvalue weighted by molar-refractivity contribution is -0.130. The monoisotopic (exact) mass is 280 g/mol. The average Bonchev–Trinajstić information content (AvgIpc) is 3.06. The van der Waals surface area contributed by atoms with Gasteiger partial charge in [-0.2, -0.15) is 0 Å². The summed E-state index contributed by atoms with van der Waals surface area (Å²) in [4.78, 5) is 14.6. The number of amides is 1. The van der Waals surface area contributed by atoms with E-state index in [0.29, 0.717) is 5.91 Å². The fourth-order valence-corrected chi connectivity index (χ4v) is 3.82.